The van der Waals surface area contributed by atoms with Gasteiger partial charge in [-0.25, -0.2) is 13.8 Å². The van der Waals surface area contributed by atoms with Crippen molar-refractivity contribution >= 4 is 23.6 Å². The number of rotatable bonds is 6. The SMILES string of the molecule is C=CC(=O)Nc1ncc(C#N)c(/C=C/C2CCC(F)(F)CC2)c1C(=O)C=C. The summed E-state index contributed by atoms with van der Waals surface area (Å²) in [6.45, 7) is 6.78. The smallest absolute Gasteiger partial charge is 0.248 e. The van der Waals surface area contributed by atoms with Gasteiger partial charge in [-0.15, -0.1) is 0 Å². The van der Waals surface area contributed by atoms with E-state index in [1.165, 1.54) is 6.20 Å². The fourth-order valence-corrected chi connectivity index (χ4v) is 2.89. The third-order valence-electron chi connectivity index (χ3n) is 4.40. The van der Waals surface area contributed by atoms with Crippen LogP contribution in [0.2, 0.25) is 0 Å². The van der Waals surface area contributed by atoms with Crippen molar-refractivity contribution in [3.05, 3.63) is 54.3 Å². The van der Waals surface area contributed by atoms with Gasteiger partial charge in [0.05, 0.1) is 11.1 Å². The van der Waals surface area contributed by atoms with E-state index < -0.39 is 17.6 Å². The van der Waals surface area contributed by atoms with Gasteiger partial charge in [0, 0.05) is 24.6 Å². The van der Waals surface area contributed by atoms with Crippen molar-refractivity contribution < 1.29 is 18.4 Å². The number of halogens is 2. The van der Waals surface area contributed by atoms with Crippen molar-refractivity contribution in [3.63, 3.8) is 0 Å². The van der Waals surface area contributed by atoms with Crippen LogP contribution in [0.4, 0.5) is 14.6 Å². The Bertz CT molecular complexity index is 844. The molecule has 1 heterocycles. The average Bonchev–Trinajstić information content (AvgIpc) is 2.66. The van der Waals surface area contributed by atoms with Gasteiger partial charge in [-0.1, -0.05) is 25.3 Å². The van der Waals surface area contributed by atoms with E-state index in [-0.39, 0.29) is 41.3 Å². The average molecular weight is 371 g/mol. The summed E-state index contributed by atoms with van der Waals surface area (Å²) in [5.41, 5.74) is 0.430. The van der Waals surface area contributed by atoms with E-state index in [4.69, 9.17) is 0 Å². The molecule has 27 heavy (non-hydrogen) atoms. The first-order valence-corrected chi connectivity index (χ1v) is 8.40. The molecule has 0 radical (unpaired) electrons. The summed E-state index contributed by atoms with van der Waals surface area (Å²) in [5.74, 6) is -3.81. The van der Waals surface area contributed by atoms with Gasteiger partial charge in [-0.05, 0) is 30.9 Å². The zero-order valence-electron chi connectivity index (χ0n) is 14.7. The number of aromatic nitrogens is 1. The van der Waals surface area contributed by atoms with Gasteiger partial charge in [-0.2, -0.15) is 5.26 Å². The monoisotopic (exact) mass is 371 g/mol. The molecule has 1 aromatic rings. The summed E-state index contributed by atoms with van der Waals surface area (Å²) in [6.07, 6.45) is 6.87. The first-order valence-electron chi connectivity index (χ1n) is 8.40. The molecule has 0 aliphatic heterocycles. The molecule has 0 bridgehead atoms. The van der Waals surface area contributed by atoms with Crippen molar-refractivity contribution in [2.45, 2.75) is 31.6 Å². The number of nitrogens with one attached hydrogen (secondary N) is 1. The van der Waals surface area contributed by atoms with E-state index >= 15 is 0 Å². The van der Waals surface area contributed by atoms with Gasteiger partial charge in [0.15, 0.2) is 5.78 Å². The zero-order chi connectivity index (χ0) is 20.0. The Morgan fingerprint density at radius 3 is 2.52 bits per heavy atom. The molecule has 1 aromatic heterocycles. The van der Waals surface area contributed by atoms with Gasteiger partial charge >= 0.3 is 0 Å². The Morgan fingerprint density at radius 1 is 1.30 bits per heavy atom. The lowest BCUT2D eigenvalue weighted by atomic mass is 9.86. The maximum Gasteiger partial charge on any atom is 0.248 e. The molecule has 1 amide bonds. The highest BCUT2D eigenvalue weighted by atomic mass is 19.3. The van der Waals surface area contributed by atoms with Crippen LogP contribution in [0.1, 0.15) is 47.2 Å². The van der Waals surface area contributed by atoms with Gasteiger partial charge in [-0.3, -0.25) is 9.59 Å². The fraction of sp³-hybridized carbons (Fsp3) is 0.300. The number of carbonyl (C=O) groups excluding carboxylic acids is 2. The van der Waals surface area contributed by atoms with Gasteiger partial charge in [0.1, 0.15) is 11.9 Å². The largest absolute Gasteiger partial charge is 0.306 e. The second-order valence-corrected chi connectivity index (χ2v) is 6.24. The lowest BCUT2D eigenvalue weighted by Crippen LogP contribution is -2.23. The standard InChI is InChI=1S/C20H19F2N3O2/c1-3-16(26)18-15(6-5-13-7-9-20(21,22)10-8-13)14(11-23)12-24-19(18)25-17(27)4-2/h3-6,12-13H,1-2,7-10H2,(H,24,25,27)/b6-5+. The molecule has 1 aliphatic rings. The Hall–Kier alpha value is -3.14. The Morgan fingerprint density at radius 2 is 1.96 bits per heavy atom. The van der Waals surface area contributed by atoms with E-state index in [0.29, 0.717) is 12.8 Å². The van der Waals surface area contributed by atoms with Crippen LogP contribution in [-0.2, 0) is 4.79 Å². The van der Waals surface area contributed by atoms with Crippen LogP contribution in [0, 0.1) is 17.2 Å². The topological polar surface area (TPSA) is 82.8 Å². The Labute approximate surface area is 156 Å². The number of ketones is 1. The van der Waals surface area contributed by atoms with Gasteiger partial charge in [0.2, 0.25) is 11.8 Å². The summed E-state index contributed by atoms with van der Waals surface area (Å²) in [4.78, 5) is 27.9. The molecule has 0 atom stereocenters. The predicted molar refractivity (Wildman–Crippen MR) is 98.2 cm³/mol. The third kappa shape index (κ3) is 4.94. The third-order valence-corrected chi connectivity index (χ3v) is 4.40. The fourth-order valence-electron chi connectivity index (χ4n) is 2.89. The summed E-state index contributed by atoms with van der Waals surface area (Å²) < 4.78 is 26.6. The normalized spacial score (nSPS) is 16.5. The number of hydrogen-bond acceptors (Lipinski definition) is 4. The number of carbonyl (C=O) groups is 2. The molecule has 0 aromatic carbocycles. The molecular weight excluding hydrogens is 352 g/mol. The predicted octanol–water partition coefficient (Wildman–Crippen LogP) is 4.29. The second-order valence-electron chi connectivity index (χ2n) is 6.24. The first kappa shape index (κ1) is 20.2. The summed E-state index contributed by atoms with van der Waals surface area (Å²) in [6, 6.07) is 1.96. The summed E-state index contributed by atoms with van der Waals surface area (Å²) in [5, 5.41) is 11.8. The quantitative estimate of drug-likeness (QED) is 0.597. The second kappa shape index (κ2) is 8.49. The van der Waals surface area contributed by atoms with Gasteiger partial charge < -0.3 is 5.32 Å². The highest BCUT2D eigenvalue weighted by Crippen LogP contribution is 2.37. The number of hydrogen-bond donors (Lipinski definition) is 1. The molecule has 7 heteroatoms. The van der Waals surface area contributed by atoms with Crippen molar-refractivity contribution in [3.8, 4) is 6.07 Å². The van der Waals surface area contributed by atoms with Crippen LogP contribution in [0.5, 0.6) is 0 Å². The lowest BCUT2D eigenvalue weighted by Gasteiger charge is -2.26. The van der Waals surface area contributed by atoms with E-state index in [2.05, 4.69) is 23.5 Å². The number of allylic oxidation sites excluding steroid dienone is 2. The molecule has 0 spiro atoms. The molecule has 0 saturated heterocycles. The van der Waals surface area contributed by atoms with Crippen LogP contribution >= 0.6 is 0 Å². The minimum absolute atomic E-state index is 0.0152. The highest BCUT2D eigenvalue weighted by molar-refractivity contribution is 6.13. The van der Waals surface area contributed by atoms with Crippen molar-refractivity contribution in [2.75, 3.05) is 5.32 Å². The number of nitriles is 1. The van der Waals surface area contributed by atoms with Crippen LogP contribution in [0.3, 0.4) is 0 Å². The van der Waals surface area contributed by atoms with E-state index in [1.807, 2.05) is 6.07 Å². The molecule has 2 rings (SSSR count). The molecule has 0 unspecified atom stereocenters. The first-order chi connectivity index (χ1) is 12.8. The molecule has 1 fully saturated rings. The molecule has 5 nitrogen and oxygen atoms in total. The van der Waals surface area contributed by atoms with Crippen LogP contribution in [0.15, 0.2) is 37.6 Å². The van der Waals surface area contributed by atoms with E-state index in [0.717, 1.165) is 12.2 Å². The maximum atomic E-state index is 13.3. The van der Waals surface area contributed by atoms with Crippen molar-refractivity contribution in [1.29, 1.82) is 5.26 Å². The minimum Gasteiger partial charge on any atom is -0.306 e. The summed E-state index contributed by atoms with van der Waals surface area (Å²) >= 11 is 0. The van der Waals surface area contributed by atoms with E-state index in [1.54, 1.807) is 12.2 Å². The maximum absolute atomic E-state index is 13.3. The minimum atomic E-state index is -2.63. The number of amides is 1. The molecule has 1 N–H and O–H groups in total. The number of nitrogens with zero attached hydrogens (tertiary/aromatic N) is 2. The van der Waals surface area contributed by atoms with Gasteiger partial charge in [0.25, 0.3) is 0 Å². The molecular formula is C20H19F2N3O2. The van der Waals surface area contributed by atoms with Crippen molar-refractivity contribution in [1.82, 2.24) is 4.98 Å². The Balaban J connectivity index is 2.44. The highest BCUT2D eigenvalue weighted by Gasteiger charge is 2.34. The van der Waals surface area contributed by atoms with E-state index in [9.17, 15) is 23.6 Å². The van der Waals surface area contributed by atoms with Crippen LogP contribution < -0.4 is 5.32 Å². The number of anilines is 1. The van der Waals surface area contributed by atoms with Crippen molar-refractivity contribution in [2.24, 2.45) is 5.92 Å². The Kier molecular flexibility index (Phi) is 6.35. The van der Waals surface area contributed by atoms with Crippen LogP contribution in [-0.4, -0.2) is 22.6 Å². The molecule has 1 aliphatic carbocycles. The zero-order valence-corrected chi connectivity index (χ0v) is 14.7. The molecule has 140 valence electrons. The molecule has 1 saturated carbocycles. The van der Waals surface area contributed by atoms with Crippen LogP contribution in [0.25, 0.3) is 6.08 Å². The number of pyridine rings is 1. The number of alkyl halides is 2. The lowest BCUT2D eigenvalue weighted by molar-refractivity contribution is -0.111. The summed E-state index contributed by atoms with van der Waals surface area (Å²) in [7, 11) is 0.